The molecule has 5 rings (SSSR count). The maximum absolute atomic E-state index is 13.3. The van der Waals surface area contributed by atoms with Gasteiger partial charge in [-0.15, -0.1) is 21.5 Å². The van der Waals surface area contributed by atoms with Crippen molar-refractivity contribution < 1.29 is 18.3 Å². The standard InChI is InChI=1S/C21H22F3N9OS/c1-2-3-13-10-14-17(31-6-7-32-16(12-31)29-30-19(32)21(22,23)24)27-20(28-18(14)35-13)33(8-9-34)15-11-25-4-5-26-15/h4-5,10-11,34H,2-3,6-9,12H2,1H3. The Morgan fingerprint density at radius 2 is 2.03 bits per heavy atom. The number of thiophene rings is 1. The van der Waals surface area contributed by atoms with Crippen LogP contribution in [0.25, 0.3) is 10.2 Å². The molecule has 0 aliphatic carbocycles. The average molecular weight is 506 g/mol. The first-order valence-corrected chi connectivity index (χ1v) is 11.9. The summed E-state index contributed by atoms with van der Waals surface area (Å²) in [7, 11) is 0. The van der Waals surface area contributed by atoms with E-state index in [1.165, 1.54) is 0 Å². The van der Waals surface area contributed by atoms with Gasteiger partial charge in [0.1, 0.15) is 10.6 Å². The first kappa shape index (κ1) is 23.4. The highest BCUT2D eigenvalue weighted by atomic mass is 32.1. The fourth-order valence-corrected chi connectivity index (χ4v) is 5.19. The van der Waals surface area contributed by atoms with Gasteiger partial charge in [-0.25, -0.2) is 9.97 Å². The van der Waals surface area contributed by atoms with Gasteiger partial charge in [0.05, 0.1) is 31.3 Å². The van der Waals surface area contributed by atoms with Crippen molar-refractivity contribution in [3.05, 3.63) is 41.2 Å². The van der Waals surface area contributed by atoms with Crippen LogP contribution in [0.5, 0.6) is 0 Å². The Labute approximate surface area is 202 Å². The zero-order chi connectivity index (χ0) is 24.6. The van der Waals surface area contributed by atoms with E-state index in [1.54, 1.807) is 34.8 Å². The topological polar surface area (TPSA) is 109 Å². The number of aliphatic hydroxyl groups excluding tert-OH is 1. The van der Waals surface area contributed by atoms with Crippen LogP contribution in [0.2, 0.25) is 0 Å². The molecule has 0 bridgehead atoms. The molecule has 184 valence electrons. The van der Waals surface area contributed by atoms with Crippen LogP contribution in [0, 0.1) is 0 Å². The summed E-state index contributed by atoms with van der Waals surface area (Å²) in [5.74, 6) is 0.638. The molecule has 35 heavy (non-hydrogen) atoms. The molecule has 0 radical (unpaired) electrons. The highest BCUT2D eigenvalue weighted by Gasteiger charge is 2.39. The van der Waals surface area contributed by atoms with E-state index in [1.807, 2.05) is 11.0 Å². The molecular weight excluding hydrogens is 483 g/mol. The van der Waals surface area contributed by atoms with Crippen LogP contribution >= 0.6 is 11.3 Å². The minimum absolute atomic E-state index is 0.0779. The lowest BCUT2D eigenvalue weighted by atomic mass is 10.2. The molecule has 0 amide bonds. The summed E-state index contributed by atoms with van der Waals surface area (Å²) >= 11 is 1.55. The lowest BCUT2D eigenvalue weighted by Crippen LogP contribution is -2.36. The Kier molecular flexibility index (Phi) is 6.23. The summed E-state index contributed by atoms with van der Waals surface area (Å²) in [5, 5.41) is 17.7. The van der Waals surface area contributed by atoms with Crippen molar-refractivity contribution >= 4 is 39.1 Å². The monoisotopic (exact) mass is 505 g/mol. The van der Waals surface area contributed by atoms with Gasteiger partial charge < -0.3 is 14.6 Å². The van der Waals surface area contributed by atoms with Crippen LogP contribution in [0.4, 0.5) is 30.8 Å². The number of nitrogens with zero attached hydrogens (tertiary/aromatic N) is 9. The van der Waals surface area contributed by atoms with Gasteiger partial charge in [0.15, 0.2) is 11.6 Å². The van der Waals surface area contributed by atoms with Crippen molar-refractivity contribution in [1.82, 2.24) is 34.7 Å². The number of aliphatic hydroxyl groups is 1. The van der Waals surface area contributed by atoms with E-state index in [0.717, 1.165) is 32.5 Å². The van der Waals surface area contributed by atoms with Crippen LogP contribution in [0.15, 0.2) is 24.7 Å². The van der Waals surface area contributed by atoms with E-state index < -0.39 is 12.0 Å². The molecule has 4 aromatic heterocycles. The quantitative estimate of drug-likeness (QED) is 0.405. The number of rotatable bonds is 7. The predicted molar refractivity (Wildman–Crippen MR) is 124 cm³/mol. The summed E-state index contributed by atoms with van der Waals surface area (Å²) in [6.07, 6.45) is 1.93. The van der Waals surface area contributed by atoms with Crippen molar-refractivity contribution in [2.24, 2.45) is 0 Å². The normalized spacial score (nSPS) is 13.9. The van der Waals surface area contributed by atoms with Crippen molar-refractivity contribution in [2.45, 2.75) is 39.0 Å². The minimum atomic E-state index is -4.56. The Hall–Kier alpha value is -3.39. The number of hydrogen-bond acceptors (Lipinski definition) is 10. The van der Waals surface area contributed by atoms with Gasteiger partial charge in [0.2, 0.25) is 11.8 Å². The molecule has 0 unspecified atom stereocenters. The molecule has 1 aliphatic rings. The van der Waals surface area contributed by atoms with Crippen LogP contribution in [0.1, 0.15) is 29.9 Å². The van der Waals surface area contributed by atoms with Gasteiger partial charge in [0.25, 0.3) is 0 Å². The number of hydrogen-bond donors (Lipinski definition) is 1. The number of fused-ring (bicyclic) bond motifs is 2. The zero-order valence-corrected chi connectivity index (χ0v) is 19.6. The van der Waals surface area contributed by atoms with Gasteiger partial charge in [0, 0.05) is 30.4 Å². The summed E-state index contributed by atoms with van der Waals surface area (Å²) in [6, 6.07) is 2.04. The van der Waals surface area contributed by atoms with Gasteiger partial charge in [-0.3, -0.25) is 9.88 Å². The third-order valence-electron chi connectivity index (χ3n) is 5.61. The molecule has 0 saturated heterocycles. The van der Waals surface area contributed by atoms with Crippen molar-refractivity contribution in [3.63, 3.8) is 0 Å². The molecule has 0 fully saturated rings. The van der Waals surface area contributed by atoms with Crippen LogP contribution in [0.3, 0.4) is 0 Å². The molecule has 14 heteroatoms. The van der Waals surface area contributed by atoms with E-state index >= 15 is 0 Å². The first-order chi connectivity index (χ1) is 16.9. The fraction of sp³-hybridized carbons (Fsp3) is 0.429. The molecule has 0 spiro atoms. The summed E-state index contributed by atoms with van der Waals surface area (Å²) in [5.41, 5.74) is 0. The van der Waals surface area contributed by atoms with Crippen molar-refractivity contribution in [1.29, 1.82) is 0 Å². The van der Waals surface area contributed by atoms with E-state index in [9.17, 15) is 18.3 Å². The van der Waals surface area contributed by atoms with Crippen molar-refractivity contribution in [2.75, 3.05) is 29.5 Å². The molecule has 10 nitrogen and oxygen atoms in total. The maximum Gasteiger partial charge on any atom is 0.451 e. The lowest BCUT2D eigenvalue weighted by Gasteiger charge is -2.30. The lowest BCUT2D eigenvalue weighted by molar-refractivity contribution is -0.147. The molecule has 1 N–H and O–H groups in total. The first-order valence-electron chi connectivity index (χ1n) is 11.1. The third kappa shape index (κ3) is 4.50. The molecule has 1 aliphatic heterocycles. The third-order valence-corrected chi connectivity index (χ3v) is 6.69. The van der Waals surface area contributed by atoms with E-state index in [2.05, 4.69) is 27.1 Å². The number of aryl methyl sites for hydroxylation is 1. The second-order valence-corrected chi connectivity index (χ2v) is 9.09. The van der Waals surface area contributed by atoms with Crippen LogP contribution in [-0.2, 0) is 25.7 Å². The van der Waals surface area contributed by atoms with Crippen molar-refractivity contribution in [3.8, 4) is 0 Å². The van der Waals surface area contributed by atoms with Gasteiger partial charge >= 0.3 is 6.18 Å². The maximum atomic E-state index is 13.3. The summed E-state index contributed by atoms with van der Waals surface area (Å²) in [4.78, 5) is 23.5. The van der Waals surface area contributed by atoms with Crippen LogP contribution < -0.4 is 9.80 Å². The smallest absolute Gasteiger partial charge is 0.395 e. The molecule has 0 saturated carbocycles. The van der Waals surface area contributed by atoms with Gasteiger partial charge in [-0.2, -0.15) is 18.2 Å². The minimum Gasteiger partial charge on any atom is -0.395 e. The van der Waals surface area contributed by atoms with Gasteiger partial charge in [-0.1, -0.05) is 13.3 Å². The predicted octanol–water partition coefficient (Wildman–Crippen LogP) is 3.19. The Morgan fingerprint density at radius 3 is 2.74 bits per heavy atom. The SMILES string of the molecule is CCCc1cc2c(N3CCn4c(nnc4C(F)(F)F)C3)nc(N(CCO)c3cnccn3)nc2s1. The highest BCUT2D eigenvalue weighted by molar-refractivity contribution is 7.18. The second-order valence-electron chi connectivity index (χ2n) is 7.98. The summed E-state index contributed by atoms with van der Waals surface area (Å²) in [6.45, 7) is 2.62. The molecular formula is C21H22F3N9OS. The Morgan fingerprint density at radius 1 is 1.17 bits per heavy atom. The molecule has 0 atom stereocenters. The number of anilines is 3. The molecule has 0 aromatic carbocycles. The summed E-state index contributed by atoms with van der Waals surface area (Å²) < 4.78 is 41.0. The zero-order valence-electron chi connectivity index (χ0n) is 18.8. The van der Waals surface area contributed by atoms with Gasteiger partial charge in [-0.05, 0) is 12.5 Å². The highest BCUT2D eigenvalue weighted by Crippen LogP contribution is 2.36. The Bertz CT molecular complexity index is 1330. The molecule has 5 heterocycles. The number of aromatic nitrogens is 7. The van der Waals surface area contributed by atoms with E-state index in [4.69, 9.17) is 9.97 Å². The molecule has 4 aromatic rings. The van der Waals surface area contributed by atoms with E-state index in [0.29, 0.717) is 24.1 Å². The Balaban J connectivity index is 1.59. The number of alkyl halides is 3. The van der Waals surface area contributed by atoms with E-state index in [-0.39, 0.29) is 32.1 Å². The number of halogens is 3. The fourth-order valence-electron chi connectivity index (χ4n) is 4.07. The largest absolute Gasteiger partial charge is 0.451 e. The average Bonchev–Trinajstić information content (AvgIpc) is 3.46. The van der Waals surface area contributed by atoms with Crippen LogP contribution in [-0.4, -0.2) is 59.5 Å². The second kappa shape index (κ2) is 9.34.